The van der Waals surface area contributed by atoms with Crippen molar-refractivity contribution in [2.45, 2.75) is 13.0 Å². The van der Waals surface area contributed by atoms with Crippen molar-refractivity contribution in [1.82, 2.24) is 0 Å². The fourth-order valence-corrected chi connectivity index (χ4v) is 0.344. The Morgan fingerprint density at radius 3 is 2.36 bits per heavy atom. The Balaban J connectivity index is 0. The molecule has 68 valence electrons. The van der Waals surface area contributed by atoms with Gasteiger partial charge < -0.3 is 9.84 Å². The van der Waals surface area contributed by atoms with Crippen LogP contribution in [0.3, 0.4) is 0 Å². The molecule has 0 saturated carbocycles. The number of aliphatic hydroxyl groups excluding tert-OH is 1. The number of hydrogen-bond donors (Lipinski definition) is 2. The van der Waals surface area contributed by atoms with Crippen LogP contribution in [0.2, 0.25) is 0 Å². The van der Waals surface area contributed by atoms with Crippen molar-refractivity contribution in [3.63, 3.8) is 0 Å². The van der Waals surface area contributed by atoms with Crippen LogP contribution in [0, 0.1) is 0 Å². The molecule has 4 nitrogen and oxygen atoms in total. The Labute approximate surface area is 67.0 Å². The van der Waals surface area contributed by atoms with Gasteiger partial charge in [-0.25, -0.2) is 4.89 Å². The summed E-state index contributed by atoms with van der Waals surface area (Å²) in [5.41, 5.74) is 0. The molecule has 0 aliphatic heterocycles. The van der Waals surface area contributed by atoms with Gasteiger partial charge in [-0.2, -0.15) is 0 Å². The van der Waals surface area contributed by atoms with Crippen LogP contribution < -0.4 is 0 Å². The molecule has 0 radical (unpaired) electrons. The zero-order chi connectivity index (χ0) is 9.11. The van der Waals surface area contributed by atoms with Crippen molar-refractivity contribution < 1.29 is 20.0 Å². The molecule has 0 heterocycles. The SMILES string of the molecule is C=C.CC(COCCO)OO. The quantitative estimate of drug-likeness (QED) is 0.271. The lowest BCUT2D eigenvalue weighted by atomic mass is 10.4. The molecular weight excluding hydrogens is 148 g/mol. The summed E-state index contributed by atoms with van der Waals surface area (Å²) in [5, 5.41) is 16.2. The van der Waals surface area contributed by atoms with E-state index in [4.69, 9.17) is 15.1 Å². The molecule has 0 rings (SSSR count). The van der Waals surface area contributed by atoms with Gasteiger partial charge in [0.15, 0.2) is 0 Å². The lowest BCUT2D eigenvalue weighted by Gasteiger charge is -2.05. The second-order valence-electron chi connectivity index (χ2n) is 1.71. The molecule has 1 atom stereocenters. The van der Waals surface area contributed by atoms with Gasteiger partial charge in [0, 0.05) is 0 Å². The summed E-state index contributed by atoms with van der Waals surface area (Å²) in [6.07, 6.45) is -0.323. The van der Waals surface area contributed by atoms with Crippen LogP contribution in [-0.2, 0) is 9.62 Å². The highest BCUT2D eigenvalue weighted by atomic mass is 17.1. The van der Waals surface area contributed by atoms with E-state index in [9.17, 15) is 0 Å². The molecule has 0 spiro atoms. The van der Waals surface area contributed by atoms with Gasteiger partial charge in [0.2, 0.25) is 0 Å². The van der Waals surface area contributed by atoms with Gasteiger partial charge in [0.1, 0.15) is 6.10 Å². The van der Waals surface area contributed by atoms with Crippen molar-refractivity contribution in [2.75, 3.05) is 19.8 Å². The lowest BCUT2D eigenvalue weighted by Crippen LogP contribution is -2.15. The highest BCUT2D eigenvalue weighted by Gasteiger charge is 1.98. The topological polar surface area (TPSA) is 58.9 Å². The maximum absolute atomic E-state index is 8.22. The minimum absolute atomic E-state index is 0.00184. The first-order chi connectivity index (χ1) is 5.31. The second-order valence-corrected chi connectivity index (χ2v) is 1.71. The molecule has 0 aliphatic rings. The minimum atomic E-state index is -0.323. The van der Waals surface area contributed by atoms with Crippen LogP contribution >= 0.6 is 0 Å². The van der Waals surface area contributed by atoms with Crippen molar-refractivity contribution >= 4 is 0 Å². The third-order valence-electron chi connectivity index (χ3n) is 0.768. The molecule has 4 heteroatoms. The van der Waals surface area contributed by atoms with Crippen LogP contribution in [0.25, 0.3) is 0 Å². The van der Waals surface area contributed by atoms with Crippen molar-refractivity contribution in [3.05, 3.63) is 13.2 Å². The summed E-state index contributed by atoms with van der Waals surface area (Å²) in [7, 11) is 0. The molecule has 0 saturated heterocycles. The van der Waals surface area contributed by atoms with E-state index < -0.39 is 0 Å². The molecule has 0 aromatic heterocycles. The van der Waals surface area contributed by atoms with Gasteiger partial charge in [-0.3, -0.25) is 5.26 Å². The summed E-state index contributed by atoms with van der Waals surface area (Å²) < 4.78 is 4.80. The summed E-state index contributed by atoms with van der Waals surface area (Å²) in [5.74, 6) is 0. The average molecular weight is 164 g/mol. The largest absolute Gasteiger partial charge is 0.394 e. The predicted molar refractivity (Wildman–Crippen MR) is 42.3 cm³/mol. The lowest BCUT2D eigenvalue weighted by molar-refractivity contribution is -0.282. The van der Waals surface area contributed by atoms with E-state index in [0.29, 0.717) is 6.61 Å². The summed E-state index contributed by atoms with van der Waals surface area (Å²) in [4.78, 5) is 3.89. The highest BCUT2D eigenvalue weighted by Crippen LogP contribution is 1.86. The molecule has 0 aliphatic carbocycles. The normalized spacial score (nSPS) is 11.5. The zero-order valence-corrected chi connectivity index (χ0v) is 6.82. The van der Waals surface area contributed by atoms with Gasteiger partial charge >= 0.3 is 0 Å². The Kier molecular flexibility index (Phi) is 14.7. The van der Waals surface area contributed by atoms with Gasteiger partial charge in [-0.1, -0.05) is 0 Å². The van der Waals surface area contributed by atoms with E-state index in [0.717, 1.165) is 0 Å². The fraction of sp³-hybridized carbons (Fsp3) is 0.714. The van der Waals surface area contributed by atoms with E-state index >= 15 is 0 Å². The first kappa shape index (κ1) is 13.2. The van der Waals surface area contributed by atoms with E-state index in [-0.39, 0.29) is 19.3 Å². The first-order valence-electron chi connectivity index (χ1n) is 3.30. The monoisotopic (exact) mass is 164 g/mol. The Morgan fingerprint density at radius 2 is 2.00 bits per heavy atom. The van der Waals surface area contributed by atoms with E-state index in [2.05, 4.69) is 18.0 Å². The van der Waals surface area contributed by atoms with E-state index in [1.54, 1.807) is 6.92 Å². The molecular formula is C7H16O4. The molecule has 0 aromatic carbocycles. The maximum Gasteiger partial charge on any atom is 0.113 e. The Morgan fingerprint density at radius 1 is 1.45 bits per heavy atom. The van der Waals surface area contributed by atoms with Crippen LogP contribution in [0.1, 0.15) is 6.92 Å². The van der Waals surface area contributed by atoms with Gasteiger partial charge in [0.25, 0.3) is 0 Å². The molecule has 0 fully saturated rings. The van der Waals surface area contributed by atoms with Crippen molar-refractivity contribution in [3.8, 4) is 0 Å². The minimum Gasteiger partial charge on any atom is -0.394 e. The smallest absolute Gasteiger partial charge is 0.113 e. The number of hydrogen-bond acceptors (Lipinski definition) is 4. The number of rotatable bonds is 5. The molecule has 0 aromatic rings. The molecule has 2 N–H and O–H groups in total. The summed E-state index contributed by atoms with van der Waals surface area (Å²) >= 11 is 0. The Hall–Kier alpha value is -0.420. The predicted octanol–water partition coefficient (Wildman–Crippen LogP) is 0.676. The number of aliphatic hydroxyl groups is 1. The van der Waals surface area contributed by atoms with Gasteiger partial charge in [0.05, 0.1) is 19.8 Å². The average Bonchev–Trinajstić information content (AvgIpc) is 2.08. The van der Waals surface area contributed by atoms with E-state index in [1.165, 1.54) is 0 Å². The van der Waals surface area contributed by atoms with Crippen molar-refractivity contribution in [1.29, 1.82) is 0 Å². The first-order valence-corrected chi connectivity index (χ1v) is 3.30. The zero-order valence-electron chi connectivity index (χ0n) is 6.82. The van der Waals surface area contributed by atoms with E-state index in [1.807, 2.05) is 0 Å². The van der Waals surface area contributed by atoms with Gasteiger partial charge in [-0.15, -0.1) is 13.2 Å². The summed E-state index contributed by atoms with van der Waals surface area (Å²) in [6, 6.07) is 0. The second kappa shape index (κ2) is 12.3. The van der Waals surface area contributed by atoms with Crippen molar-refractivity contribution in [2.24, 2.45) is 0 Å². The fourth-order valence-electron chi connectivity index (χ4n) is 0.344. The third kappa shape index (κ3) is 12.7. The highest BCUT2D eigenvalue weighted by molar-refractivity contribution is 4.41. The van der Waals surface area contributed by atoms with Crippen LogP contribution in [0.4, 0.5) is 0 Å². The number of ether oxygens (including phenoxy) is 1. The van der Waals surface area contributed by atoms with Gasteiger partial charge in [-0.05, 0) is 6.92 Å². The third-order valence-corrected chi connectivity index (χ3v) is 0.768. The standard InChI is InChI=1S/C5H12O4.C2H4/c1-5(9-7)4-8-3-2-6;1-2/h5-7H,2-4H2,1H3;1-2H2. The summed E-state index contributed by atoms with van der Waals surface area (Å²) in [6.45, 7) is 8.25. The van der Waals surface area contributed by atoms with Crippen LogP contribution in [0.5, 0.6) is 0 Å². The molecule has 0 bridgehead atoms. The van der Waals surface area contributed by atoms with Crippen LogP contribution in [-0.4, -0.2) is 36.3 Å². The molecule has 11 heavy (non-hydrogen) atoms. The molecule has 0 amide bonds. The molecule has 1 unspecified atom stereocenters. The van der Waals surface area contributed by atoms with Crippen LogP contribution in [0.15, 0.2) is 13.2 Å². The Bertz CT molecular complexity index is 67.5. The maximum atomic E-state index is 8.22.